The van der Waals surface area contributed by atoms with Gasteiger partial charge in [-0.25, -0.2) is 0 Å². The highest BCUT2D eigenvalue weighted by atomic mass is 16.5. The standard InChI is InChI=1S/C17H26N2O/c1-13-3-4-17-15(9-13)10-16(20-17)12-18-11-14-5-7-19(2)8-6-14/h3-4,9,14,16,18H,5-8,10-12H2,1-2H3. The highest BCUT2D eigenvalue weighted by Gasteiger charge is 2.23. The van der Waals surface area contributed by atoms with Crippen LogP contribution in [0.4, 0.5) is 0 Å². The second-order valence-corrected chi connectivity index (χ2v) is 6.46. The van der Waals surface area contributed by atoms with Gasteiger partial charge in [0.1, 0.15) is 11.9 Å². The van der Waals surface area contributed by atoms with Crippen molar-refractivity contribution in [1.29, 1.82) is 0 Å². The molecule has 3 rings (SSSR count). The summed E-state index contributed by atoms with van der Waals surface area (Å²) in [5.41, 5.74) is 2.70. The Balaban J connectivity index is 1.40. The van der Waals surface area contributed by atoms with E-state index >= 15 is 0 Å². The average Bonchev–Trinajstić information content (AvgIpc) is 2.83. The lowest BCUT2D eigenvalue weighted by Crippen LogP contribution is -2.38. The minimum atomic E-state index is 0.318. The Bertz CT molecular complexity index is 452. The maximum Gasteiger partial charge on any atom is 0.123 e. The van der Waals surface area contributed by atoms with Crippen LogP contribution in [-0.2, 0) is 6.42 Å². The minimum absolute atomic E-state index is 0.318. The van der Waals surface area contributed by atoms with Crippen molar-refractivity contribution in [2.75, 3.05) is 33.2 Å². The number of aryl methyl sites for hydroxylation is 1. The molecule has 1 unspecified atom stereocenters. The van der Waals surface area contributed by atoms with E-state index in [4.69, 9.17) is 4.74 Å². The van der Waals surface area contributed by atoms with Gasteiger partial charge in [-0.15, -0.1) is 0 Å². The Morgan fingerprint density at radius 2 is 2.05 bits per heavy atom. The molecule has 0 bridgehead atoms. The summed E-state index contributed by atoms with van der Waals surface area (Å²) in [4.78, 5) is 2.43. The third-order valence-corrected chi connectivity index (χ3v) is 4.60. The van der Waals surface area contributed by atoms with Crippen LogP contribution in [0.1, 0.15) is 24.0 Å². The van der Waals surface area contributed by atoms with Gasteiger partial charge in [-0.2, -0.15) is 0 Å². The van der Waals surface area contributed by atoms with E-state index in [9.17, 15) is 0 Å². The highest BCUT2D eigenvalue weighted by molar-refractivity contribution is 5.40. The Kier molecular flexibility index (Phi) is 4.27. The Morgan fingerprint density at radius 1 is 1.25 bits per heavy atom. The first-order chi connectivity index (χ1) is 9.70. The van der Waals surface area contributed by atoms with Crippen LogP contribution >= 0.6 is 0 Å². The minimum Gasteiger partial charge on any atom is -0.488 e. The predicted octanol–water partition coefficient (Wildman–Crippen LogP) is 2.23. The molecule has 0 amide bonds. The van der Waals surface area contributed by atoms with Crippen LogP contribution in [0.3, 0.4) is 0 Å². The summed E-state index contributed by atoms with van der Waals surface area (Å²) in [6, 6.07) is 6.50. The second-order valence-electron chi connectivity index (χ2n) is 6.46. The molecule has 2 heterocycles. The van der Waals surface area contributed by atoms with Crippen molar-refractivity contribution in [3.8, 4) is 5.75 Å². The normalized spacial score (nSPS) is 23.6. The fraction of sp³-hybridized carbons (Fsp3) is 0.647. The number of nitrogens with zero attached hydrogens (tertiary/aromatic N) is 1. The van der Waals surface area contributed by atoms with E-state index in [1.54, 1.807) is 0 Å². The van der Waals surface area contributed by atoms with Crippen LogP contribution in [0.5, 0.6) is 5.75 Å². The van der Waals surface area contributed by atoms with Crippen LogP contribution in [0.15, 0.2) is 18.2 Å². The summed E-state index contributed by atoms with van der Waals surface area (Å²) < 4.78 is 6.00. The summed E-state index contributed by atoms with van der Waals surface area (Å²) in [5.74, 6) is 1.93. The lowest BCUT2D eigenvalue weighted by Gasteiger charge is -2.29. The second kappa shape index (κ2) is 6.15. The van der Waals surface area contributed by atoms with Gasteiger partial charge in [0, 0.05) is 13.0 Å². The fourth-order valence-corrected chi connectivity index (χ4v) is 3.28. The Hall–Kier alpha value is -1.06. The zero-order valence-electron chi connectivity index (χ0n) is 12.7. The lowest BCUT2D eigenvalue weighted by atomic mass is 9.97. The van der Waals surface area contributed by atoms with Crippen molar-refractivity contribution in [2.24, 2.45) is 5.92 Å². The van der Waals surface area contributed by atoms with Crippen molar-refractivity contribution in [1.82, 2.24) is 10.2 Å². The van der Waals surface area contributed by atoms with Gasteiger partial charge in [0.15, 0.2) is 0 Å². The number of nitrogens with one attached hydrogen (secondary N) is 1. The van der Waals surface area contributed by atoms with E-state index in [1.165, 1.54) is 37.1 Å². The third kappa shape index (κ3) is 3.33. The van der Waals surface area contributed by atoms with Gasteiger partial charge in [-0.05, 0) is 64.0 Å². The number of ether oxygens (including phenoxy) is 1. The van der Waals surface area contributed by atoms with Crippen molar-refractivity contribution in [3.63, 3.8) is 0 Å². The van der Waals surface area contributed by atoms with Crippen molar-refractivity contribution >= 4 is 0 Å². The molecule has 1 aromatic carbocycles. The summed E-state index contributed by atoms with van der Waals surface area (Å²) in [6.07, 6.45) is 4.03. The monoisotopic (exact) mass is 274 g/mol. The molecule has 1 fully saturated rings. The van der Waals surface area contributed by atoms with Crippen LogP contribution in [0, 0.1) is 12.8 Å². The van der Waals surface area contributed by atoms with E-state index in [1.807, 2.05) is 0 Å². The zero-order chi connectivity index (χ0) is 13.9. The summed E-state index contributed by atoms with van der Waals surface area (Å²) in [5, 5.41) is 3.62. The Labute approximate surface area is 122 Å². The van der Waals surface area contributed by atoms with Gasteiger partial charge in [-0.1, -0.05) is 17.7 Å². The fourth-order valence-electron chi connectivity index (χ4n) is 3.28. The molecule has 2 aliphatic heterocycles. The number of hydrogen-bond acceptors (Lipinski definition) is 3. The molecule has 0 radical (unpaired) electrons. The smallest absolute Gasteiger partial charge is 0.123 e. The van der Waals surface area contributed by atoms with Crippen LogP contribution < -0.4 is 10.1 Å². The van der Waals surface area contributed by atoms with Gasteiger partial charge in [-0.3, -0.25) is 0 Å². The SMILES string of the molecule is Cc1ccc2c(c1)CC(CNCC1CCN(C)CC1)O2. The van der Waals surface area contributed by atoms with Gasteiger partial charge in [0.2, 0.25) is 0 Å². The van der Waals surface area contributed by atoms with Crippen LogP contribution in [0.2, 0.25) is 0 Å². The highest BCUT2D eigenvalue weighted by Crippen LogP contribution is 2.29. The molecule has 2 aliphatic rings. The van der Waals surface area contributed by atoms with E-state index in [2.05, 4.69) is 42.4 Å². The summed E-state index contributed by atoms with van der Waals surface area (Å²) in [6.45, 7) is 6.75. The first-order valence-electron chi connectivity index (χ1n) is 7.86. The van der Waals surface area contributed by atoms with E-state index in [0.717, 1.165) is 31.2 Å². The molecule has 0 spiro atoms. The maximum absolute atomic E-state index is 6.00. The molecular weight excluding hydrogens is 248 g/mol. The first kappa shape index (κ1) is 13.9. The molecule has 0 aliphatic carbocycles. The topological polar surface area (TPSA) is 24.5 Å². The lowest BCUT2D eigenvalue weighted by molar-refractivity contribution is 0.199. The quantitative estimate of drug-likeness (QED) is 0.911. The summed E-state index contributed by atoms with van der Waals surface area (Å²) >= 11 is 0. The first-order valence-corrected chi connectivity index (χ1v) is 7.86. The van der Waals surface area contributed by atoms with Gasteiger partial charge in [0.05, 0.1) is 0 Å². The largest absolute Gasteiger partial charge is 0.488 e. The van der Waals surface area contributed by atoms with Crippen molar-refractivity contribution in [3.05, 3.63) is 29.3 Å². The molecule has 20 heavy (non-hydrogen) atoms. The maximum atomic E-state index is 6.00. The van der Waals surface area contributed by atoms with Crippen molar-refractivity contribution in [2.45, 2.75) is 32.3 Å². The predicted molar refractivity (Wildman–Crippen MR) is 82.4 cm³/mol. The van der Waals surface area contributed by atoms with Crippen LogP contribution in [-0.4, -0.2) is 44.2 Å². The number of likely N-dealkylation sites (tertiary alicyclic amines) is 1. The Morgan fingerprint density at radius 3 is 2.85 bits per heavy atom. The third-order valence-electron chi connectivity index (χ3n) is 4.60. The molecule has 1 atom stereocenters. The molecule has 3 nitrogen and oxygen atoms in total. The zero-order valence-corrected chi connectivity index (χ0v) is 12.7. The number of piperidine rings is 1. The molecular formula is C17H26N2O. The van der Waals surface area contributed by atoms with E-state index < -0.39 is 0 Å². The molecule has 1 aromatic rings. The van der Waals surface area contributed by atoms with Gasteiger partial charge < -0.3 is 15.0 Å². The van der Waals surface area contributed by atoms with E-state index in [0.29, 0.717) is 6.10 Å². The number of rotatable bonds is 4. The van der Waals surface area contributed by atoms with Crippen molar-refractivity contribution < 1.29 is 4.74 Å². The molecule has 1 N–H and O–H groups in total. The number of benzene rings is 1. The average molecular weight is 274 g/mol. The van der Waals surface area contributed by atoms with E-state index in [-0.39, 0.29) is 0 Å². The number of fused-ring (bicyclic) bond motifs is 1. The molecule has 110 valence electrons. The molecule has 0 saturated carbocycles. The molecule has 3 heteroatoms. The number of hydrogen-bond donors (Lipinski definition) is 1. The van der Waals surface area contributed by atoms with Crippen LogP contribution in [0.25, 0.3) is 0 Å². The molecule has 0 aromatic heterocycles. The van der Waals surface area contributed by atoms with Gasteiger partial charge >= 0.3 is 0 Å². The van der Waals surface area contributed by atoms with Gasteiger partial charge in [0.25, 0.3) is 0 Å². The summed E-state index contributed by atoms with van der Waals surface area (Å²) in [7, 11) is 2.22. The molecule has 1 saturated heterocycles.